The molecule has 2 heteroatoms. The Morgan fingerprint density at radius 1 is 1.26 bits per heavy atom. The number of hydrogen-bond donors (Lipinski definition) is 0. The van der Waals surface area contributed by atoms with Crippen molar-refractivity contribution in [2.75, 3.05) is 18.5 Å². The van der Waals surface area contributed by atoms with Crippen molar-refractivity contribution in [3.8, 4) is 0 Å². The highest BCUT2D eigenvalue weighted by Crippen LogP contribution is 2.48. The Hall–Kier alpha value is -0.500. The van der Waals surface area contributed by atoms with E-state index in [9.17, 15) is 0 Å². The summed E-state index contributed by atoms with van der Waals surface area (Å²) in [7, 11) is 2.26. The van der Waals surface area contributed by atoms with Gasteiger partial charge < -0.3 is 4.90 Å². The summed E-state index contributed by atoms with van der Waals surface area (Å²) in [4.78, 5) is 2.47. The summed E-state index contributed by atoms with van der Waals surface area (Å²) >= 11 is 3.55. The highest BCUT2D eigenvalue weighted by atomic mass is 79.9. The molecule has 1 aromatic rings. The van der Waals surface area contributed by atoms with Crippen LogP contribution in [0.4, 0.5) is 5.69 Å². The molecule has 0 radical (unpaired) electrons. The van der Waals surface area contributed by atoms with Crippen molar-refractivity contribution in [3.05, 3.63) is 29.3 Å². The zero-order chi connectivity index (χ0) is 13.4. The van der Waals surface area contributed by atoms with Gasteiger partial charge in [0.1, 0.15) is 0 Å². The van der Waals surface area contributed by atoms with Gasteiger partial charge in [0.2, 0.25) is 0 Å². The molecule has 2 aliphatic rings. The molecule has 1 nitrogen and oxygen atoms in total. The fourth-order valence-electron chi connectivity index (χ4n) is 4.12. The Balaban J connectivity index is 1.67. The highest BCUT2D eigenvalue weighted by Gasteiger charge is 2.39. The van der Waals surface area contributed by atoms with Gasteiger partial charge in [-0.2, -0.15) is 0 Å². The summed E-state index contributed by atoms with van der Waals surface area (Å²) in [5, 5.41) is 0.954. The fourth-order valence-corrected chi connectivity index (χ4v) is 4.75. The molecule has 19 heavy (non-hydrogen) atoms. The minimum atomic E-state index is 0.944. The standard InChI is InChI=1S/C17H24BrN/c1-12-7-17(6-5-15(12)10-18)19(2)11-16-9-13-3-4-14(16)8-13/h5-7,13-14,16H,3-4,8-11H2,1-2H3. The van der Waals surface area contributed by atoms with Crippen LogP contribution in [0.2, 0.25) is 0 Å². The third kappa shape index (κ3) is 2.69. The second-order valence-corrected chi connectivity index (χ2v) is 7.12. The minimum Gasteiger partial charge on any atom is -0.374 e. The second kappa shape index (κ2) is 5.47. The van der Waals surface area contributed by atoms with Gasteiger partial charge in [0.15, 0.2) is 0 Å². The number of anilines is 1. The fraction of sp³-hybridized carbons (Fsp3) is 0.647. The molecular weight excluding hydrogens is 298 g/mol. The van der Waals surface area contributed by atoms with E-state index >= 15 is 0 Å². The van der Waals surface area contributed by atoms with E-state index in [4.69, 9.17) is 0 Å². The van der Waals surface area contributed by atoms with Gasteiger partial charge in [-0.25, -0.2) is 0 Å². The molecule has 0 amide bonds. The molecule has 0 saturated heterocycles. The van der Waals surface area contributed by atoms with Crippen LogP contribution in [0, 0.1) is 24.7 Å². The average molecular weight is 322 g/mol. The van der Waals surface area contributed by atoms with Crippen LogP contribution < -0.4 is 4.90 Å². The molecule has 104 valence electrons. The monoisotopic (exact) mass is 321 g/mol. The number of aryl methyl sites for hydroxylation is 1. The maximum Gasteiger partial charge on any atom is 0.0366 e. The van der Waals surface area contributed by atoms with Crippen LogP contribution in [0.15, 0.2) is 18.2 Å². The van der Waals surface area contributed by atoms with Crippen LogP contribution >= 0.6 is 15.9 Å². The average Bonchev–Trinajstić information content (AvgIpc) is 3.00. The van der Waals surface area contributed by atoms with Gasteiger partial charge in [-0.05, 0) is 67.2 Å². The first-order valence-electron chi connectivity index (χ1n) is 7.54. The zero-order valence-electron chi connectivity index (χ0n) is 12.0. The smallest absolute Gasteiger partial charge is 0.0366 e. The van der Waals surface area contributed by atoms with Crippen molar-refractivity contribution in [1.82, 2.24) is 0 Å². The molecular formula is C17H24BrN. The third-order valence-corrected chi connectivity index (χ3v) is 5.91. The van der Waals surface area contributed by atoms with E-state index in [-0.39, 0.29) is 0 Å². The molecule has 2 fully saturated rings. The van der Waals surface area contributed by atoms with Crippen molar-refractivity contribution in [2.45, 2.75) is 37.9 Å². The molecule has 2 aliphatic carbocycles. The van der Waals surface area contributed by atoms with E-state index in [1.807, 2.05) is 0 Å². The van der Waals surface area contributed by atoms with Gasteiger partial charge in [0.05, 0.1) is 0 Å². The molecule has 0 spiro atoms. The first kappa shape index (κ1) is 13.5. The maximum atomic E-state index is 3.55. The van der Waals surface area contributed by atoms with E-state index in [1.54, 1.807) is 0 Å². The summed E-state index contributed by atoms with van der Waals surface area (Å²) in [6, 6.07) is 6.87. The van der Waals surface area contributed by atoms with Gasteiger partial charge in [-0.15, -0.1) is 0 Å². The lowest BCUT2D eigenvalue weighted by molar-refractivity contribution is 0.337. The molecule has 3 rings (SSSR count). The molecule has 0 aliphatic heterocycles. The van der Waals surface area contributed by atoms with E-state index in [2.05, 4.69) is 53.0 Å². The largest absolute Gasteiger partial charge is 0.374 e. The van der Waals surface area contributed by atoms with E-state index in [0.29, 0.717) is 0 Å². The minimum absolute atomic E-state index is 0.944. The predicted octanol–water partition coefficient (Wildman–Crippen LogP) is 4.76. The number of hydrogen-bond acceptors (Lipinski definition) is 1. The first-order chi connectivity index (χ1) is 9.17. The number of rotatable bonds is 4. The van der Waals surface area contributed by atoms with Crippen molar-refractivity contribution >= 4 is 21.6 Å². The van der Waals surface area contributed by atoms with Crippen LogP contribution in [0.3, 0.4) is 0 Å². The molecule has 0 N–H and O–H groups in total. The number of nitrogens with zero attached hydrogens (tertiary/aromatic N) is 1. The number of benzene rings is 1. The van der Waals surface area contributed by atoms with Crippen LogP contribution in [-0.4, -0.2) is 13.6 Å². The number of halogens is 1. The number of alkyl halides is 1. The van der Waals surface area contributed by atoms with E-state index in [0.717, 1.165) is 23.1 Å². The van der Waals surface area contributed by atoms with Crippen LogP contribution in [0.5, 0.6) is 0 Å². The van der Waals surface area contributed by atoms with Gasteiger partial charge in [-0.1, -0.05) is 28.4 Å². The number of fused-ring (bicyclic) bond motifs is 2. The Labute approximate surface area is 125 Å². The summed E-state index contributed by atoms with van der Waals surface area (Å²) in [5.41, 5.74) is 4.18. The zero-order valence-corrected chi connectivity index (χ0v) is 13.6. The van der Waals surface area contributed by atoms with Gasteiger partial charge in [-0.3, -0.25) is 0 Å². The van der Waals surface area contributed by atoms with Crippen molar-refractivity contribution in [2.24, 2.45) is 17.8 Å². The summed E-state index contributed by atoms with van der Waals surface area (Å²) in [6.45, 7) is 3.46. The molecule has 2 saturated carbocycles. The van der Waals surface area contributed by atoms with Crippen LogP contribution in [-0.2, 0) is 5.33 Å². The van der Waals surface area contributed by atoms with Crippen LogP contribution in [0.25, 0.3) is 0 Å². The Bertz CT molecular complexity index is 457. The second-order valence-electron chi connectivity index (χ2n) is 6.56. The predicted molar refractivity (Wildman–Crippen MR) is 86.0 cm³/mol. The Kier molecular flexibility index (Phi) is 3.88. The van der Waals surface area contributed by atoms with Crippen LogP contribution in [0.1, 0.15) is 36.8 Å². The van der Waals surface area contributed by atoms with Gasteiger partial charge in [0.25, 0.3) is 0 Å². The quantitative estimate of drug-likeness (QED) is 0.722. The van der Waals surface area contributed by atoms with E-state index in [1.165, 1.54) is 49.0 Å². The molecule has 3 atom stereocenters. The Morgan fingerprint density at radius 3 is 2.68 bits per heavy atom. The van der Waals surface area contributed by atoms with Gasteiger partial charge >= 0.3 is 0 Å². The van der Waals surface area contributed by atoms with Gasteiger partial charge in [0, 0.05) is 24.6 Å². The first-order valence-corrected chi connectivity index (χ1v) is 8.66. The normalized spacial score (nSPS) is 28.9. The lowest BCUT2D eigenvalue weighted by Crippen LogP contribution is -2.28. The highest BCUT2D eigenvalue weighted by molar-refractivity contribution is 9.08. The lowest BCUT2D eigenvalue weighted by Gasteiger charge is -2.29. The maximum absolute atomic E-state index is 3.55. The Morgan fingerprint density at radius 2 is 2.11 bits per heavy atom. The topological polar surface area (TPSA) is 3.24 Å². The summed E-state index contributed by atoms with van der Waals surface area (Å²) < 4.78 is 0. The SMILES string of the molecule is Cc1cc(N(C)CC2CC3CCC2C3)ccc1CBr. The molecule has 0 aromatic heterocycles. The van der Waals surface area contributed by atoms with E-state index < -0.39 is 0 Å². The lowest BCUT2D eigenvalue weighted by atomic mass is 9.88. The molecule has 0 heterocycles. The molecule has 3 unspecified atom stereocenters. The molecule has 2 bridgehead atoms. The van der Waals surface area contributed by atoms with Crippen molar-refractivity contribution in [1.29, 1.82) is 0 Å². The summed E-state index contributed by atoms with van der Waals surface area (Å²) in [6.07, 6.45) is 5.99. The third-order valence-electron chi connectivity index (χ3n) is 5.30. The molecule has 1 aromatic carbocycles. The van der Waals surface area contributed by atoms with Crippen molar-refractivity contribution in [3.63, 3.8) is 0 Å². The summed E-state index contributed by atoms with van der Waals surface area (Å²) in [5.74, 6) is 3.02. The van der Waals surface area contributed by atoms with Crippen molar-refractivity contribution < 1.29 is 0 Å².